The minimum atomic E-state index is -3.67. The van der Waals surface area contributed by atoms with Crippen molar-refractivity contribution in [2.75, 3.05) is 6.26 Å². The van der Waals surface area contributed by atoms with Crippen LogP contribution in [0, 0.1) is 19.7 Å². The number of fused-ring (bicyclic) bond motifs is 1. The van der Waals surface area contributed by atoms with Crippen LogP contribution in [-0.2, 0) is 23.1 Å². The van der Waals surface area contributed by atoms with E-state index >= 15 is 0 Å². The van der Waals surface area contributed by atoms with Crippen LogP contribution >= 0.6 is 0 Å². The zero-order chi connectivity index (χ0) is 20.9. The second kappa shape index (κ2) is 9.16. The first-order valence-corrected chi connectivity index (χ1v) is 10.7. The lowest BCUT2D eigenvalue weighted by Gasteiger charge is -2.09. The van der Waals surface area contributed by atoms with Gasteiger partial charge in [0.25, 0.3) is 10.1 Å². The number of rotatable bonds is 5. The quantitative estimate of drug-likeness (QED) is 0.612. The molecule has 0 aliphatic rings. The van der Waals surface area contributed by atoms with E-state index in [9.17, 15) is 12.8 Å². The first kappa shape index (κ1) is 21.8. The van der Waals surface area contributed by atoms with Crippen LogP contribution in [0.3, 0.4) is 0 Å². The Bertz CT molecular complexity index is 1040. The van der Waals surface area contributed by atoms with E-state index in [0.717, 1.165) is 29.6 Å². The highest BCUT2D eigenvalue weighted by Crippen LogP contribution is 2.31. The number of aryl methyl sites for hydroxylation is 3. The third-order valence-corrected chi connectivity index (χ3v) is 4.18. The molecule has 0 saturated heterocycles. The summed E-state index contributed by atoms with van der Waals surface area (Å²) in [6.45, 7) is 6.72. The molecule has 2 N–H and O–H groups in total. The number of aromatic amines is 1. The van der Waals surface area contributed by atoms with Crippen LogP contribution in [0.5, 0.6) is 5.88 Å². The first-order chi connectivity index (χ1) is 13.1. The van der Waals surface area contributed by atoms with Crippen molar-refractivity contribution < 1.29 is 22.1 Å². The highest BCUT2D eigenvalue weighted by molar-refractivity contribution is 7.85. The minimum absolute atomic E-state index is 0.242. The minimum Gasteiger partial charge on any atom is -0.471 e. The Morgan fingerprint density at radius 1 is 1.21 bits per heavy atom. The largest absolute Gasteiger partial charge is 0.471 e. The van der Waals surface area contributed by atoms with Crippen LogP contribution in [-0.4, -0.2) is 29.2 Å². The van der Waals surface area contributed by atoms with Crippen molar-refractivity contribution in [2.24, 2.45) is 0 Å². The molecule has 0 saturated carbocycles. The molecule has 0 unspecified atom stereocenters. The van der Waals surface area contributed by atoms with Crippen molar-refractivity contribution >= 4 is 21.0 Å². The number of nitrogens with one attached hydrogen (secondary N) is 1. The van der Waals surface area contributed by atoms with E-state index in [0.29, 0.717) is 18.7 Å². The van der Waals surface area contributed by atoms with E-state index in [1.54, 1.807) is 12.1 Å². The van der Waals surface area contributed by atoms with Gasteiger partial charge in [0.05, 0.1) is 6.26 Å². The lowest BCUT2D eigenvalue weighted by Crippen LogP contribution is -1.99. The van der Waals surface area contributed by atoms with Gasteiger partial charge in [-0.15, -0.1) is 0 Å². The van der Waals surface area contributed by atoms with Gasteiger partial charge in [0.1, 0.15) is 17.9 Å². The van der Waals surface area contributed by atoms with Crippen LogP contribution < -0.4 is 4.74 Å². The predicted molar refractivity (Wildman–Crippen MR) is 108 cm³/mol. The topological polar surface area (TPSA) is 92.3 Å². The molecule has 0 bridgehead atoms. The number of aromatic nitrogens is 2. The van der Waals surface area contributed by atoms with E-state index in [1.807, 2.05) is 6.20 Å². The summed E-state index contributed by atoms with van der Waals surface area (Å²) in [6.07, 6.45) is 4.70. The molecule has 0 atom stereocenters. The second-order valence-electron chi connectivity index (χ2n) is 6.61. The molecule has 0 aliphatic heterocycles. The Morgan fingerprint density at radius 2 is 1.82 bits per heavy atom. The van der Waals surface area contributed by atoms with E-state index in [-0.39, 0.29) is 5.82 Å². The normalized spacial score (nSPS) is 11.2. The van der Waals surface area contributed by atoms with Crippen molar-refractivity contribution in [3.63, 3.8) is 0 Å². The number of hydrogen-bond acceptors (Lipinski definition) is 4. The van der Waals surface area contributed by atoms with Crippen molar-refractivity contribution in [2.45, 2.75) is 40.2 Å². The van der Waals surface area contributed by atoms with Crippen molar-refractivity contribution in [3.05, 3.63) is 58.7 Å². The van der Waals surface area contributed by atoms with Crippen LogP contribution in [0.25, 0.3) is 10.9 Å². The molecule has 3 aromatic rings. The maximum absolute atomic E-state index is 13.0. The van der Waals surface area contributed by atoms with E-state index in [2.05, 4.69) is 30.7 Å². The molecule has 8 heteroatoms. The van der Waals surface area contributed by atoms with Crippen LogP contribution in [0.15, 0.2) is 30.5 Å². The van der Waals surface area contributed by atoms with Gasteiger partial charge in [0.2, 0.25) is 5.88 Å². The summed E-state index contributed by atoms with van der Waals surface area (Å²) in [4.78, 5) is 7.88. The molecule has 2 aromatic heterocycles. The Morgan fingerprint density at radius 3 is 2.39 bits per heavy atom. The van der Waals surface area contributed by atoms with Gasteiger partial charge in [-0.05, 0) is 49.1 Å². The molecule has 2 heterocycles. The third kappa shape index (κ3) is 6.03. The molecule has 0 amide bonds. The van der Waals surface area contributed by atoms with E-state index in [1.165, 1.54) is 28.6 Å². The fourth-order valence-corrected chi connectivity index (χ4v) is 2.85. The molecule has 0 spiro atoms. The second-order valence-corrected chi connectivity index (χ2v) is 8.08. The van der Waals surface area contributed by atoms with Gasteiger partial charge in [-0.2, -0.15) is 8.42 Å². The van der Waals surface area contributed by atoms with Crippen molar-refractivity contribution in [3.8, 4) is 5.88 Å². The van der Waals surface area contributed by atoms with Gasteiger partial charge in [-0.1, -0.05) is 25.5 Å². The summed E-state index contributed by atoms with van der Waals surface area (Å²) in [5, 5.41) is 1.22. The highest BCUT2D eigenvalue weighted by atomic mass is 32.2. The standard InChI is InChI=1S/C19H21FN2O.CH4O3S/c1-4-5-15-10-21-19(18-17(15)12(2)13(3)22-18)23-11-14-6-8-16(20)9-7-14;1-5(2,3)4/h6-10,22H,4-5,11H2,1-3H3;1H3,(H,2,3,4). The van der Waals surface area contributed by atoms with E-state index in [4.69, 9.17) is 9.29 Å². The molecule has 0 aliphatic carbocycles. The number of pyridine rings is 1. The Hall–Kier alpha value is -2.45. The molecule has 6 nitrogen and oxygen atoms in total. The molecule has 3 rings (SSSR count). The third-order valence-electron chi connectivity index (χ3n) is 4.18. The Kier molecular flexibility index (Phi) is 7.15. The number of H-pyrrole nitrogens is 1. The zero-order valence-corrected chi connectivity index (χ0v) is 17.2. The average Bonchev–Trinajstić information content (AvgIpc) is 2.90. The predicted octanol–water partition coefficient (Wildman–Crippen LogP) is 4.35. The van der Waals surface area contributed by atoms with Crippen LogP contribution in [0.1, 0.15) is 35.7 Å². The van der Waals surface area contributed by atoms with Crippen molar-refractivity contribution in [1.29, 1.82) is 0 Å². The van der Waals surface area contributed by atoms with Gasteiger partial charge in [0.15, 0.2) is 0 Å². The smallest absolute Gasteiger partial charge is 0.261 e. The van der Waals surface area contributed by atoms with Crippen LogP contribution in [0.2, 0.25) is 0 Å². The summed E-state index contributed by atoms with van der Waals surface area (Å²) < 4.78 is 44.7. The maximum Gasteiger partial charge on any atom is 0.261 e. The Balaban J connectivity index is 0.000000500. The van der Waals surface area contributed by atoms with Gasteiger partial charge < -0.3 is 9.72 Å². The average molecular weight is 408 g/mol. The highest BCUT2D eigenvalue weighted by Gasteiger charge is 2.14. The molecule has 28 heavy (non-hydrogen) atoms. The molecule has 152 valence electrons. The maximum atomic E-state index is 13.0. The first-order valence-electron chi connectivity index (χ1n) is 8.86. The van der Waals surface area contributed by atoms with Gasteiger partial charge >= 0.3 is 0 Å². The summed E-state index contributed by atoms with van der Waals surface area (Å²) in [6, 6.07) is 6.33. The number of nitrogens with zero attached hydrogens (tertiary/aromatic N) is 1. The van der Waals surface area contributed by atoms with Crippen molar-refractivity contribution in [1.82, 2.24) is 9.97 Å². The molecular weight excluding hydrogens is 383 g/mol. The summed E-state index contributed by atoms with van der Waals surface area (Å²) in [7, 11) is -3.67. The van der Waals surface area contributed by atoms with Gasteiger partial charge in [0, 0.05) is 17.3 Å². The number of hydrogen-bond donors (Lipinski definition) is 2. The number of halogens is 1. The zero-order valence-electron chi connectivity index (χ0n) is 16.4. The molecular formula is C20H25FN2O4S. The Labute approximate surface area is 164 Å². The number of benzene rings is 1. The molecule has 1 aromatic carbocycles. The monoisotopic (exact) mass is 408 g/mol. The lowest BCUT2D eigenvalue weighted by molar-refractivity contribution is 0.297. The number of ether oxygens (including phenoxy) is 1. The fraction of sp³-hybridized carbons (Fsp3) is 0.350. The van der Waals surface area contributed by atoms with Gasteiger partial charge in [-0.25, -0.2) is 9.37 Å². The SMILES string of the molecule is CCCc1cnc(OCc2ccc(F)cc2)c2[nH]c(C)c(C)c12.CS(=O)(=O)O. The summed E-state index contributed by atoms with van der Waals surface area (Å²) in [5.74, 6) is 0.356. The summed E-state index contributed by atoms with van der Waals surface area (Å²) in [5.41, 5.74) is 5.50. The van der Waals surface area contributed by atoms with E-state index < -0.39 is 10.1 Å². The summed E-state index contributed by atoms with van der Waals surface area (Å²) >= 11 is 0. The molecule has 0 radical (unpaired) electrons. The lowest BCUT2D eigenvalue weighted by atomic mass is 10.0. The fourth-order valence-electron chi connectivity index (χ4n) is 2.85. The molecule has 0 fully saturated rings. The van der Waals surface area contributed by atoms with Crippen LogP contribution in [0.4, 0.5) is 4.39 Å². The van der Waals surface area contributed by atoms with Gasteiger partial charge in [-0.3, -0.25) is 4.55 Å².